The van der Waals surface area contributed by atoms with E-state index in [-0.39, 0.29) is 17.4 Å². The number of likely N-dealkylation sites (N-methyl/N-ethyl adjacent to an activating group) is 1. The monoisotopic (exact) mass is 495 g/mol. The summed E-state index contributed by atoms with van der Waals surface area (Å²) in [4.78, 5) is 14.4. The fourth-order valence-electron chi connectivity index (χ4n) is 5.16. The molecule has 3 heterocycles. The van der Waals surface area contributed by atoms with Crippen molar-refractivity contribution in [2.24, 2.45) is 0 Å². The second-order valence-electron chi connectivity index (χ2n) is 11.0. The molecule has 3 atom stereocenters. The van der Waals surface area contributed by atoms with E-state index < -0.39 is 16.1 Å². The first-order valence-corrected chi connectivity index (χ1v) is 12.6. The number of ether oxygens (including phenoxy) is 2. The molecule has 0 bridgehead atoms. The van der Waals surface area contributed by atoms with E-state index >= 15 is 0 Å². The van der Waals surface area contributed by atoms with Gasteiger partial charge in [-0.2, -0.15) is 0 Å². The van der Waals surface area contributed by atoms with Gasteiger partial charge in [-0.05, 0) is 70.4 Å². The normalized spacial score (nSPS) is 31.6. The van der Waals surface area contributed by atoms with Crippen molar-refractivity contribution in [2.75, 3.05) is 13.7 Å². The van der Waals surface area contributed by atoms with Gasteiger partial charge in [-0.25, -0.2) is 0 Å². The molecule has 4 aliphatic rings. The molecule has 194 valence electrons. The van der Waals surface area contributed by atoms with Crippen molar-refractivity contribution < 1.29 is 14.4 Å². The Morgan fingerprint density at radius 2 is 2.03 bits per heavy atom. The van der Waals surface area contributed by atoms with Crippen molar-refractivity contribution >= 4 is 5.82 Å². The third-order valence-electron chi connectivity index (χ3n) is 7.75. The van der Waals surface area contributed by atoms with E-state index in [2.05, 4.69) is 61.3 Å². The number of rotatable bonds is 7. The number of aromatic nitrogens is 2. The average Bonchev–Trinajstić information content (AvgIpc) is 3.52. The van der Waals surface area contributed by atoms with Gasteiger partial charge < -0.3 is 35.1 Å². The molecule has 0 aromatic carbocycles. The van der Waals surface area contributed by atoms with E-state index in [1.165, 1.54) is 17.3 Å². The van der Waals surface area contributed by atoms with E-state index in [0.717, 1.165) is 37.8 Å². The minimum Gasteiger partial charge on any atom is -0.474 e. The first kappa shape index (κ1) is 24.6. The number of allylic oxidation sites excluding steroid dienone is 4. The van der Waals surface area contributed by atoms with Crippen LogP contribution >= 0.6 is 0 Å². The summed E-state index contributed by atoms with van der Waals surface area (Å²) in [5.74, 6) is -0.202. The van der Waals surface area contributed by atoms with E-state index in [4.69, 9.17) is 15.0 Å². The molecule has 0 N–H and O–H groups in total. The van der Waals surface area contributed by atoms with Crippen molar-refractivity contribution in [3.05, 3.63) is 69.2 Å². The highest BCUT2D eigenvalue weighted by Gasteiger charge is 2.43. The van der Waals surface area contributed by atoms with Crippen LogP contribution in [0.4, 0.5) is 5.82 Å². The van der Waals surface area contributed by atoms with Gasteiger partial charge in [0.15, 0.2) is 5.60 Å². The quantitative estimate of drug-likeness (QED) is 0.292. The summed E-state index contributed by atoms with van der Waals surface area (Å²) < 4.78 is 14.0. The van der Waals surface area contributed by atoms with Gasteiger partial charge in [0.25, 0.3) is 0 Å². The topological polar surface area (TPSA) is 100 Å². The summed E-state index contributed by atoms with van der Waals surface area (Å²) in [6.45, 7) is 9.25. The van der Waals surface area contributed by atoms with Crippen molar-refractivity contribution in [1.82, 2.24) is 19.6 Å². The lowest BCUT2D eigenvalue weighted by Gasteiger charge is -2.51. The van der Waals surface area contributed by atoms with Crippen molar-refractivity contribution in [3.63, 3.8) is 0 Å². The Kier molecular flexibility index (Phi) is 5.99. The molecule has 0 radical (unpaired) electrons. The zero-order valence-electron chi connectivity index (χ0n) is 21.7. The number of nitro groups is 1. The highest BCUT2D eigenvalue weighted by molar-refractivity contribution is 5.40. The van der Waals surface area contributed by atoms with E-state index in [9.17, 15) is 10.1 Å². The zero-order chi connectivity index (χ0) is 25.7. The first-order chi connectivity index (χ1) is 17.0. The SMILES string of the molecule is CCC1=CC=C(C2=CN(C3(C)C=CC(C)(OC[C@@]4(C)Cn5cc([N+](=O)[O-])nc5O4)CC3)[N-]N2C)CC1. The molecule has 10 nitrogen and oxygen atoms in total. The number of hydrogen-bond acceptors (Lipinski definition) is 7. The maximum Gasteiger partial charge on any atom is 0.415 e. The summed E-state index contributed by atoms with van der Waals surface area (Å²) in [5, 5.41) is 15.0. The van der Waals surface area contributed by atoms with Gasteiger partial charge >= 0.3 is 11.8 Å². The van der Waals surface area contributed by atoms with E-state index in [1.807, 2.05) is 19.0 Å². The van der Waals surface area contributed by atoms with Gasteiger partial charge in [-0.1, -0.05) is 36.8 Å². The summed E-state index contributed by atoms with van der Waals surface area (Å²) in [6, 6.07) is 0.265. The molecule has 1 aromatic rings. The molecular weight excluding hydrogens is 460 g/mol. The van der Waals surface area contributed by atoms with Gasteiger partial charge in [0.1, 0.15) is 6.20 Å². The fraction of sp³-hybridized carbons (Fsp3) is 0.577. The van der Waals surface area contributed by atoms with Crippen LogP contribution in [0.15, 0.2) is 53.5 Å². The molecule has 0 saturated carbocycles. The summed E-state index contributed by atoms with van der Waals surface area (Å²) in [7, 11) is 2.01. The van der Waals surface area contributed by atoms with Crippen molar-refractivity contribution in [2.45, 2.75) is 83.1 Å². The molecule has 2 aliphatic carbocycles. The maximum atomic E-state index is 11.0. The Balaban J connectivity index is 1.22. The van der Waals surface area contributed by atoms with Crippen LogP contribution in [0.3, 0.4) is 0 Å². The van der Waals surface area contributed by atoms with Crippen LogP contribution in [0.1, 0.15) is 59.8 Å². The first-order valence-electron chi connectivity index (χ1n) is 12.6. The van der Waals surface area contributed by atoms with E-state index in [0.29, 0.717) is 13.2 Å². The zero-order valence-corrected chi connectivity index (χ0v) is 21.7. The third kappa shape index (κ3) is 4.55. The van der Waals surface area contributed by atoms with Crippen molar-refractivity contribution in [1.29, 1.82) is 0 Å². The fourth-order valence-corrected chi connectivity index (χ4v) is 5.16. The van der Waals surface area contributed by atoms with Crippen LogP contribution in [-0.4, -0.2) is 54.9 Å². The van der Waals surface area contributed by atoms with Gasteiger partial charge in [-0.15, -0.1) is 0 Å². The van der Waals surface area contributed by atoms with E-state index in [1.54, 1.807) is 4.57 Å². The van der Waals surface area contributed by atoms with Crippen LogP contribution < -0.4 is 4.74 Å². The molecule has 36 heavy (non-hydrogen) atoms. The predicted octanol–water partition coefficient (Wildman–Crippen LogP) is 5.18. The molecule has 0 saturated heterocycles. The van der Waals surface area contributed by atoms with Gasteiger partial charge in [0.2, 0.25) is 0 Å². The molecular formula is C26H35N6O4-. The van der Waals surface area contributed by atoms with Gasteiger partial charge in [0, 0.05) is 22.4 Å². The average molecular weight is 496 g/mol. The number of nitrogens with zero attached hydrogens (tertiary/aromatic N) is 6. The highest BCUT2D eigenvalue weighted by Crippen LogP contribution is 2.42. The summed E-state index contributed by atoms with van der Waals surface area (Å²) in [6.07, 6.45) is 17.4. The molecule has 10 heteroatoms. The van der Waals surface area contributed by atoms with Crippen LogP contribution in [0.5, 0.6) is 6.01 Å². The lowest BCUT2D eigenvalue weighted by atomic mass is 9.81. The highest BCUT2D eigenvalue weighted by atomic mass is 16.6. The molecule has 1 aromatic heterocycles. The standard InChI is InChI=1S/C26H35N6O4/c1-6-19-7-9-20(10-8-19)21-15-31(28-29(21)5)24(2)11-13-25(3,14-12-24)35-18-26(4)17-30-16-22(32(33)34)27-23(30)36-26/h7,9,11,13,15-16H,6,8,10,12,14,17-18H2,1-5H3/q-1/t24?,25?,26-/m1/s1. The minimum atomic E-state index is -0.625. The Bertz CT molecular complexity index is 1160. The molecule has 0 fully saturated rings. The number of imidazole rings is 1. The second kappa shape index (κ2) is 8.77. The Morgan fingerprint density at radius 1 is 1.22 bits per heavy atom. The molecule has 5 rings (SSSR count). The summed E-state index contributed by atoms with van der Waals surface area (Å²) >= 11 is 0. The Labute approximate surface area is 212 Å². The molecule has 0 spiro atoms. The van der Waals surface area contributed by atoms with Crippen LogP contribution in [0.2, 0.25) is 0 Å². The predicted molar refractivity (Wildman–Crippen MR) is 136 cm³/mol. The van der Waals surface area contributed by atoms with Gasteiger partial charge in [0.05, 0.1) is 18.8 Å². The van der Waals surface area contributed by atoms with Crippen LogP contribution in [0, 0.1) is 10.1 Å². The second-order valence-corrected chi connectivity index (χ2v) is 11.0. The largest absolute Gasteiger partial charge is 0.474 e. The Morgan fingerprint density at radius 3 is 2.64 bits per heavy atom. The molecule has 0 amide bonds. The number of fused-ring (bicyclic) bond motifs is 1. The molecule has 2 aliphatic heterocycles. The lowest BCUT2D eigenvalue weighted by molar-refractivity contribution is -0.389. The smallest absolute Gasteiger partial charge is 0.415 e. The van der Waals surface area contributed by atoms with Gasteiger partial charge in [-0.3, -0.25) is 4.57 Å². The van der Waals surface area contributed by atoms with Crippen LogP contribution in [-0.2, 0) is 11.3 Å². The Hall–Kier alpha value is -3.11. The number of hydrogen-bond donors (Lipinski definition) is 0. The van der Waals surface area contributed by atoms with Crippen molar-refractivity contribution in [3.8, 4) is 6.01 Å². The summed E-state index contributed by atoms with van der Waals surface area (Å²) in [5.41, 5.74) is 7.50. The third-order valence-corrected chi connectivity index (χ3v) is 7.75. The molecule has 2 unspecified atom stereocenters. The maximum absolute atomic E-state index is 11.0. The minimum absolute atomic E-state index is 0.202. The van der Waals surface area contributed by atoms with Crippen LogP contribution in [0.25, 0.3) is 5.53 Å². The lowest BCUT2D eigenvalue weighted by Crippen LogP contribution is -2.46.